The average Bonchev–Trinajstić information content (AvgIpc) is 3.28. The van der Waals surface area contributed by atoms with Crippen LogP contribution in [0.15, 0.2) is 41.1 Å². The normalized spacial score (nSPS) is 20.3. The van der Waals surface area contributed by atoms with E-state index in [1.54, 1.807) is 21.1 Å². The summed E-state index contributed by atoms with van der Waals surface area (Å²) in [7, 11) is 0. The highest BCUT2D eigenvalue weighted by Gasteiger charge is 2.23. The fraction of sp³-hybridized carbons (Fsp3) is 0.368. The molecule has 0 unspecified atom stereocenters. The summed E-state index contributed by atoms with van der Waals surface area (Å²) >= 11 is 7.26. The molecule has 1 aliphatic rings. The predicted octanol–water partition coefficient (Wildman–Crippen LogP) is 0.919. The van der Waals surface area contributed by atoms with Gasteiger partial charge in [0.25, 0.3) is 0 Å². The quantitative estimate of drug-likeness (QED) is 0.570. The second-order valence-corrected chi connectivity index (χ2v) is 8.26. The minimum absolute atomic E-state index is 0.640. The topological polar surface area (TPSA) is 42.5 Å². The fourth-order valence-electron chi connectivity index (χ4n) is 3.50. The molecule has 26 heavy (non-hydrogen) atoms. The maximum absolute atomic E-state index is 5.47. The number of quaternary nitrogens is 2. The van der Waals surface area contributed by atoms with E-state index in [0.717, 1.165) is 24.6 Å². The van der Waals surface area contributed by atoms with Gasteiger partial charge in [-0.3, -0.25) is 5.10 Å². The van der Waals surface area contributed by atoms with Crippen LogP contribution in [0.3, 0.4) is 0 Å². The molecule has 4 rings (SSSR count). The minimum atomic E-state index is 0.640. The largest absolute Gasteiger partial charge is 0.322 e. The van der Waals surface area contributed by atoms with Gasteiger partial charge in [0.1, 0.15) is 32.7 Å². The van der Waals surface area contributed by atoms with Gasteiger partial charge in [-0.25, -0.2) is 4.68 Å². The lowest BCUT2D eigenvalue weighted by molar-refractivity contribution is -1.03. The number of hydrogen-bond acceptors (Lipinski definition) is 3. The Morgan fingerprint density at radius 1 is 1.12 bits per heavy atom. The van der Waals surface area contributed by atoms with E-state index in [-0.39, 0.29) is 0 Å². The molecule has 0 amide bonds. The van der Waals surface area contributed by atoms with Gasteiger partial charge in [-0.15, -0.1) is 0 Å². The molecule has 5 nitrogen and oxygen atoms in total. The molecule has 1 saturated heterocycles. The lowest BCUT2D eigenvalue weighted by atomic mass is 10.1. The molecule has 2 aromatic heterocycles. The van der Waals surface area contributed by atoms with Crippen LogP contribution in [0.1, 0.15) is 11.1 Å². The molecule has 3 heterocycles. The van der Waals surface area contributed by atoms with Crippen molar-refractivity contribution in [1.82, 2.24) is 14.8 Å². The molecule has 1 fully saturated rings. The smallest absolute Gasteiger partial charge is 0.221 e. The van der Waals surface area contributed by atoms with Gasteiger partial charge in [-0.05, 0) is 36.0 Å². The van der Waals surface area contributed by atoms with Crippen LogP contribution < -0.4 is 9.80 Å². The Hall–Kier alpha value is -1.80. The Morgan fingerprint density at radius 3 is 2.54 bits per heavy atom. The number of nitrogens with zero attached hydrogens (tertiary/aromatic N) is 2. The van der Waals surface area contributed by atoms with E-state index in [1.165, 1.54) is 37.3 Å². The van der Waals surface area contributed by atoms with Gasteiger partial charge in [0, 0.05) is 11.1 Å². The zero-order valence-corrected chi connectivity index (χ0v) is 16.6. The van der Waals surface area contributed by atoms with Crippen molar-refractivity contribution in [2.75, 3.05) is 26.2 Å². The minimum Gasteiger partial charge on any atom is -0.322 e. The Kier molecular flexibility index (Phi) is 5.31. The van der Waals surface area contributed by atoms with Gasteiger partial charge in [0.05, 0.1) is 0 Å². The summed E-state index contributed by atoms with van der Waals surface area (Å²) in [5.74, 6) is 0.858. The van der Waals surface area contributed by atoms with Crippen LogP contribution in [0.4, 0.5) is 0 Å². The van der Waals surface area contributed by atoms with Gasteiger partial charge >= 0.3 is 0 Å². The summed E-state index contributed by atoms with van der Waals surface area (Å²) in [5.41, 5.74) is 3.80. The number of aromatic nitrogens is 3. The molecule has 136 valence electrons. The van der Waals surface area contributed by atoms with Crippen LogP contribution in [-0.4, -0.2) is 40.9 Å². The highest BCUT2D eigenvalue weighted by molar-refractivity contribution is 7.71. The van der Waals surface area contributed by atoms with E-state index in [9.17, 15) is 0 Å². The molecule has 0 aliphatic carbocycles. The van der Waals surface area contributed by atoms with Crippen molar-refractivity contribution < 1.29 is 9.80 Å². The van der Waals surface area contributed by atoms with E-state index in [4.69, 9.17) is 12.2 Å². The number of aryl methyl sites for hydroxylation is 1. The number of rotatable bonds is 5. The molecule has 0 spiro atoms. The van der Waals surface area contributed by atoms with Gasteiger partial charge in [-0.1, -0.05) is 29.8 Å². The lowest BCUT2D eigenvalue weighted by Crippen LogP contribution is -3.27. The molecule has 0 atom stereocenters. The van der Waals surface area contributed by atoms with Gasteiger partial charge < -0.3 is 9.80 Å². The summed E-state index contributed by atoms with van der Waals surface area (Å²) in [6.07, 6.45) is 0. The summed E-state index contributed by atoms with van der Waals surface area (Å²) < 4.78 is 2.66. The summed E-state index contributed by atoms with van der Waals surface area (Å²) in [4.78, 5) is 7.79. The third-order valence-corrected chi connectivity index (χ3v) is 6.13. The molecule has 1 aromatic carbocycles. The van der Waals surface area contributed by atoms with Crippen LogP contribution in [0.5, 0.6) is 0 Å². The number of thiophene rings is 1. The van der Waals surface area contributed by atoms with Crippen LogP contribution in [0.2, 0.25) is 0 Å². The van der Waals surface area contributed by atoms with Gasteiger partial charge in [-0.2, -0.15) is 16.3 Å². The molecule has 7 heteroatoms. The first-order valence-electron chi connectivity index (χ1n) is 9.09. The maximum Gasteiger partial charge on any atom is 0.221 e. The first-order chi connectivity index (χ1) is 12.7. The van der Waals surface area contributed by atoms with Crippen molar-refractivity contribution in [3.05, 3.63) is 57.0 Å². The highest BCUT2D eigenvalue weighted by atomic mass is 32.1. The number of H-pyrrole nitrogens is 1. The Labute approximate surface area is 162 Å². The van der Waals surface area contributed by atoms with E-state index in [1.807, 2.05) is 4.68 Å². The van der Waals surface area contributed by atoms with Gasteiger partial charge in [0.2, 0.25) is 4.77 Å². The second kappa shape index (κ2) is 7.84. The lowest BCUT2D eigenvalue weighted by Gasteiger charge is -2.29. The number of aromatic amines is 1. The standard InChI is InChI=1S/C19H23N5S2/c1-15-2-4-17(5-3-15)18-20-19(25)24(21-18)14-23-9-7-22(8-10-23)12-16-6-11-26-13-16/h2-6,11,13H,7-10,12,14H2,1H3,(H,20,21,25)/p+2. The maximum atomic E-state index is 5.47. The Morgan fingerprint density at radius 2 is 1.85 bits per heavy atom. The van der Waals surface area contributed by atoms with Crippen LogP contribution in [0, 0.1) is 11.7 Å². The number of piperazine rings is 1. The molecule has 0 radical (unpaired) electrons. The first-order valence-corrected chi connectivity index (χ1v) is 10.4. The van der Waals surface area contributed by atoms with Crippen LogP contribution >= 0.6 is 23.6 Å². The first kappa shape index (κ1) is 17.6. The van der Waals surface area contributed by atoms with Gasteiger partial charge in [0.15, 0.2) is 12.5 Å². The fourth-order valence-corrected chi connectivity index (χ4v) is 4.37. The van der Waals surface area contributed by atoms with Crippen molar-refractivity contribution in [3.8, 4) is 11.4 Å². The SMILES string of the molecule is Cc1ccc(-c2nc(=S)n(C[NH+]3CC[NH+](Cc4ccsc4)CC3)[nH]2)cc1. The molecule has 0 bridgehead atoms. The summed E-state index contributed by atoms with van der Waals surface area (Å²) in [6.45, 7) is 8.85. The van der Waals surface area contributed by atoms with Crippen molar-refractivity contribution >= 4 is 23.6 Å². The highest BCUT2D eigenvalue weighted by Crippen LogP contribution is 2.15. The van der Waals surface area contributed by atoms with E-state index >= 15 is 0 Å². The van der Waals surface area contributed by atoms with Crippen LogP contribution in [0.25, 0.3) is 11.4 Å². The summed E-state index contributed by atoms with van der Waals surface area (Å²) in [6, 6.07) is 10.6. The molecule has 0 saturated carbocycles. The van der Waals surface area contributed by atoms with E-state index < -0.39 is 0 Å². The van der Waals surface area contributed by atoms with E-state index in [2.05, 4.69) is 58.1 Å². The van der Waals surface area contributed by atoms with Crippen molar-refractivity contribution in [2.45, 2.75) is 20.1 Å². The monoisotopic (exact) mass is 387 g/mol. The average molecular weight is 388 g/mol. The zero-order chi connectivity index (χ0) is 17.9. The Balaban J connectivity index is 1.36. The zero-order valence-electron chi connectivity index (χ0n) is 15.0. The molecule has 3 aromatic rings. The Bertz CT molecular complexity index is 887. The third-order valence-electron chi connectivity index (χ3n) is 5.08. The third kappa shape index (κ3) is 4.12. The van der Waals surface area contributed by atoms with Crippen molar-refractivity contribution in [2.24, 2.45) is 0 Å². The second-order valence-electron chi connectivity index (χ2n) is 7.12. The number of nitrogens with one attached hydrogen (secondary N) is 3. The van der Waals surface area contributed by atoms with E-state index in [0.29, 0.717) is 4.77 Å². The number of benzene rings is 1. The summed E-state index contributed by atoms with van der Waals surface area (Å²) in [5, 5.41) is 7.82. The van der Waals surface area contributed by atoms with Crippen molar-refractivity contribution in [3.63, 3.8) is 0 Å². The molecule has 1 aliphatic heterocycles. The van der Waals surface area contributed by atoms with Crippen LogP contribution in [-0.2, 0) is 13.2 Å². The molecular formula is C19H25N5S2+2. The number of hydrogen-bond donors (Lipinski definition) is 3. The molecular weight excluding hydrogens is 362 g/mol. The molecule has 3 N–H and O–H groups in total. The van der Waals surface area contributed by atoms with Crippen molar-refractivity contribution in [1.29, 1.82) is 0 Å². The predicted molar refractivity (Wildman–Crippen MR) is 107 cm³/mol.